The quantitative estimate of drug-likeness (QED) is 0.286. The van der Waals surface area contributed by atoms with Crippen LogP contribution < -0.4 is 4.74 Å². The second kappa shape index (κ2) is 17.3. The minimum absolute atomic E-state index is 0.00670. The minimum Gasteiger partial charge on any atom is -0.435 e. The zero-order chi connectivity index (χ0) is 26.1. The largest absolute Gasteiger partial charge is 0.435 e. The number of rotatable bonds is 10. The molecule has 5 nitrogen and oxygen atoms in total. The van der Waals surface area contributed by atoms with Crippen LogP contribution in [0.4, 0.5) is 8.78 Å². The molecule has 4 N–H and O–H groups in total. The zero-order valence-electron chi connectivity index (χ0n) is 20.2. The molecule has 34 heavy (non-hydrogen) atoms. The van der Waals surface area contributed by atoms with Gasteiger partial charge >= 0.3 is 6.61 Å². The number of para-hydroxylation sites is 1. The number of hydrogen-bond acceptors (Lipinski definition) is 6. The zero-order valence-corrected chi connectivity index (χ0v) is 21.0. The summed E-state index contributed by atoms with van der Waals surface area (Å²) in [6.45, 7) is 3.08. The molecule has 1 unspecified atom stereocenters. The monoisotopic (exact) mass is 498 g/mol. The number of aliphatic hydroxyl groups excluding tert-OH is 3. The van der Waals surface area contributed by atoms with Gasteiger partial charge in [-0.15, -0.1) is 18.2 Å². The maximum absolute atomic E-state index is 11.5. The predicted octanol–water partition coefficient (Wildman–Crippen LogP) is 4.47. The highest BCUT2D eigenvalue weighted by molar-refractivity contribution is 8.00. The third kappa shape index (κ3) is 10.4. The number of benzene rings is 2. The number of aryl methyl sites for hydroxylation is 2. The summed E-state index contributed by atoms with van der Waals surface area (Å²) in [5, 5.41) is 36.4. The van der Waals surface area contributed by atoms with Gasteiger partial charge in [0.25, 0.3) is 0 Å². The van der Waals surface area contributed by atoms with Crippen molar-refractivity contribution in [3.63, 3.8) is 0 Å². The molecule has 8 heteroatoms. The summed E-state index contributed by atoms with van der Waals surface area (Å²) in [4.78, 5) is -1.09. The Morgan fingerprint density at radius 2 is 1.74 bits per heavy atom. The van der Waals surface area contributed by atoms with Crippen molar-refractivity contribution in [3.8, 4) is 18.1 Å². The van der Waals surface area contributed by atoms with E-state index in [9.17, 15) is 19.0 Å². The van der Waals surface area contributed by atoms with Gasteiger partial charge in [0.1, 0.15) is 10.7 Å². The van der Waals surface area contributed by atoms with Gasteiger partial charge in [-0.1, -0.05) is 44.0 Å². The van der Waals surface area contributed by atoms with Crippen molar-refractivity contribution in [2.45, 2.75) is 56.8 Å². The Kier molecular flexibility index (Phi) is 16.2. The van der Waals surface area contributed by atoms with Crippen LogP contribution in [0.3, 0.4) is 0 Å². The van der Waals surface area contributed by atoms with Crippen LogP contribution in [0.1, 0.15) is 48.9 Å². The van der Waals surface area contributed by atoms with Gasteiger partial charge in [-0.3, -0.25) is 0 Å². The fourth-order valence-electron chi connectivity index (χ4n) is 3.15. The van der Waals surface area contributed by atoms with E-state index in [4.69, 9.17) is 16.6 Å². The first-order valence-corrected chi connectivity index (χ1v) is 11.8. The maximum atomic E-state index is 11.5. The average molecular weight is 499 g/mol. The van der Waals surface area contributed by atoms with Gasteiger partial charge in [0.05, 0.1) is 6.61 Å². The van der Waals surface area contributed by atoms with Crippen LogP contribution in [0.25, 0.3) is 0 Å². The number of halogens is 2. The molecule has 2 atom stereocenters. The number of terminal acetylenes is 1. The van der Waals surface area contributed by atoms with Crippen molar-refractivity contribution in [2.75, 3.05) is 20.3 Å². The SMILES string of the molecule is C#Cc1cc(C)c([C@@](O)(CC)SC(CO)CCO)cc1CC.CO.FC(F)Oc1ccccc1. The van der Waals surface area contributed by atoms with Gasteiger partial charge in [-0.05, 0) is 61.1 Å². The molecule has 2 aromatic rings. The molecule has 0 amide bonds. The van der Waals surface area contributed by atoms with Gasteiger partial charge in [0.2, 0.25) is 0 Å². The van der Waals surface area contributed by atoms with Gasteiger partial charge in [-0.25, -0.2) is 0 Å². The first-order chi connectivity index (χ1) is 16.2. The Bertz CT molecular complexity index is 858. The number of hydrogen-bond donors (Lipinski definition) is 4. The minimum atomic E-state index is -2.73. The predicted molar refractivity (Wildman–Crippen MR) is 134 cm³/mol. The molecule has 0 radical (unpaired) electrons. The normalized spacial score (nSPS) is 12.9. The number of alkyl halides is 2. The molecule has 0 spiro atoms. The molecule has 0 aliphatic rings. The second-order valence-corrected chi connectivity index (χ2v) is 8.66. The van der Waals surface area contributed by atoms with Crippen molar-refractivity contribution >= 4 is 11.8 Å². The molecule has 0 bridgehead atoms. The Labute approximate surface area is 205 Å². The van der Waals surface area contributed by atoms with Crippen LogP contribution in [0.15, 0.2) is 42.5 Å². The lowest BCUT2D eigenvalue weighted by molar-refractivity contribution is -0.0498. The van der Waals surface area contributed by atoms with Crippen molar-refractivity contribution < 1.29 is 33.9 Å². The molecule has 190 valence electrons. The Morgan fingerprint density at radius 1 is 1.12 bits per heavy atom. The highest BCUT2D eigenvalue weighted by Gasteiger charge is 2.33. The smallest absolute Gasteiger partial charge is 0.387 e. The van der Waals surface area contributed by atoms with E-state index in [0.29, 0.717) is 12.8 Å². The third-order valence-corrected chi connectivity index (χ3v) is 6.49. The summed E-state index contributed by atoms with van der Waals surface area (Å²) < 4.78 is 27.1. The van der Waals surface area contributed by atoms with Crippen molar-refractivity contribution in [3.05, 3.63) is 64.7 Å². The second-order valence-electron chi connectivity index (χ2n) is 7.09. The highest BCUT2D eigenvalue weighted by Crippen LogP contribution is 2.42. The first kappa shape index (κ1) is 31.9. The van der Waals surface area contributed by atoms with Crippen molar-refractivity contribution in [1.29, 1.82) is 0 Å². The van der Waals surface area contributed by atoms with E-state index in [1.807, 2.05) is 32.9 Å². The molecule has 0 saturated heterocycles. The number of aliphatic hydroxyl groups is 4. The Balaban J connectivity index is 0.000000753. The van der Waals surface area contributed by atoms with Crippen LogP contribution in [0.2, 0.25) is 0 Å². The van der Waals surface area contributed by atoms with E-state index in [-0.39, 0.29) is 24.2 Å². The summed E-state index contributed by atoms with van der Waals surface area (Å²) in [6, 6.07) is 11.9. The molecular formula is C26H36F2O5S. The van der Waals surface area contributed by atoms with E-state index in [1.54, 1.807) is 18.2 Å². The van der Waals surface area contributed by atoms with E-state index in [2.05, 4.69) is 10.7 Å². The number of ether oxygens (including phenoxy) is 1. The number of thioether (sulfide) groups is 1. The molecule has 0 saturated carbocycles. The van der Waals surface area contributed by atoms with E-state index >= 15 is 0 Å². The maximum Gasteiger partial charge on any atom is 0.387 e. The summed E-state index contributed by atoms with van der Waals surface area (Å²) in [5.74, 6) is 2.89. The third-order valence-electron chi connectivity index (χ3n) is 4.87. The fourth-order valence-corrected chi connectivity index (χ4v) is 4.51. The molecule has 0 heterocycles. The average Bonchev–Trinajstić information content (AvgIpc) is 2.85. The van der Waals surface area contributed by atoms with Crippen LogP contribution in [0, 0.1) is 19.3 Å². The summed E-state index contributed by atoms with van der Waals surface area (Å²) in [5.41, 5.74) is 3.69. The van der Waals surface area contributed by atoms with Crippen LogP contribution in [-0.2, 0) is 11.4 Å². The van der Waals surface area contributed by atoms with Crippen molar-refractivity contribution in [2.24, 2.45) is 0 Å². The molecule has 0 aromatic heterocycles. The lowest BCUT2D eigenvalue weighted by Crippen LogP contribution is -2.27. The Morgan fingerprint density at radius 3 is 2.18 bits per heavy atom. The van der Waals surface area contributed by atoms with Crippen LogP contribution in [0.5, 0.6) is 5.75 Å². The fraction of sp³-hybridized carbons (Fsp3) is 0.462. The van der Waals surface area contributed by atoms with E-state index in [0.717, 1.165) is 35.8 Å². The summed E-state index contributed by atoms with van der Waals surface area (Å²) in [6.07, 6.45) is 7.32. The molecule has 2 rings (SSSR count). The lowest BCUT2D eigenvalue weighted by Gasteiger charge is -2.32. The molecule has 0 aliphatic carbocycles. The van der Waals surface area contributed by atoms with Gasteiger partial charge in [-0.2, -0.15) is 8.78 Å². The van der Waals surface area contributed by atoms with Gasteiger partial charge in [0, 0.05) is 24.5 Å². The Hall–Kier alpha value is -2.15. The standard InChI is InChI=1S/C18H26O3S.C7H6F2O.CH4O/c1-5-14-10-13(4)17(11-15(14)6-2)18(21,7-3)22-16(12-20)8-9-19;8-7(9)10-6-4-2-1-3-5-6;1-2/h1,10-11,16,19-21H,6-9,12H2,2-4H3;1-5,7H;2H,1H3/t16?,18-;;/m1../s1. The summed E-state index contributed by atoms with van der Waals surface area (Å²) >= 11 is 1.31. The van der Waals surface area contributed by atoms with Gasteiger partial charge < -0.3 is 25.2 Å². The topological polar surface area (TPSA) is 90.2 Å². The van der Waals surface area contributed by atoms with Gasteiger partial charge in [0.15, 0.2) is 0 Å². The molecule has 2 aromatic carbocycles. The summed E-state index contributed by atoms with van der Waals surface area (Å²) in [7, 11) is 1.00. The molecule has 0 aliphatic heterocycles. The molecule has 0 fully saturated rings. The first-order valence-electron chi connectivity index (χ1n) is 10.9. The van der Waals surface area contributed by atoms with Crippen LogP contribution >= 0.6 is 11.8 Å². The highest BCUT2D eigenvalue weighted by atomic mass is 32.2. The van der Waals surface area contributed by atoms with Crippen molar-refractivity contribution in [1.82, 2.24) is 0 Å². The molecular weight excluding hydrogens is 462 g/mol. The van der Waals surface area contributed by atoms with E-state index in [1.165, 1.54) is 23.9 Å². The van der Waals surface area contributed by atoms with E-state index < -0.39 is 11.5 Å². The van der Waals surface area contributed by atoms with Crippen LogP contribution in [-0.4, -0.2) is 52.6 Å². The lowest BCUT2D eigenvalue weighted by atomic mass is 9.93.